The molecule has 1 aliphatic heterocycles. The van der Waals surface area contributed by atoms with E-state index in [1.807, 2.05) is 30.9 Å². The molecule has 2 rings (SSSR count). The minimum atomic E-state index is -0.0215. The zero-order valence-electron chi connectivity index (χ0n) is 10.9. The topological polar surface area (TPSA) is 32.3 Å². The number of aryl methyl sites for hydroxylation is 1. The lowest BCUT2D eigenvalue weighted by Gasteiger charge is -2.33. The van der Waals surface area contributed by atoms with Crippen LogP contribution in [0.3, 0.4) is 0 Å². The largest absolute Gasteiger partial charge is 0.311 e. The van der Waals surface area contributed by atoms with Crippen LogP contribution in [-0.4, -0.2) is 25.0 Å². The van der Waals surface area contributed by atoms with Crippen molar-refractivity contribution in [3.8, 4) is 0 Å². The normalized spacial score (nSPS) is 20.3. The van der Waals surface area contributed by atoms with E-state index in [0.717, 1.165) is 41.7 Å². The van der Waals surface area contributed by atoms with Crippen molar-refractivity contribution >= 4 is 27.5 Å². The molecule has 0 spiro atoms. The number of benzene rings is 1. The molecule has 1 aromatic rings. The van der Waals surface area contributed by atoms with Gasteiger partial charge in [0.1, 0.15) is 0 Å². The number of hydrogen-bond donors (Lipinski definition) is 1. The molecule has 18 heavy (non-hydrogen) atoms. The average molecular weight is 311 g/mol. The summed E-state index contributed by atoms with van der Waals surface area (Å²) in [6, 6.07) is 6.05. The fourth-order valence-electron chi connectivity index (χ4n) is 2.47. The molecule has 1 atom stereocenters. The number of nitrogens with one attached hydrogen (secondary N) is 1. The van der Waals surface area contributed by atoms with Gasteiger partial charge >= 0.3 is 0 Å². The standard InChI is InChI=1S/C14H19BrN2O/c1-3-16-12-5-4-8-17(14(12)18)13-7-6-11(15)9-10(13)2/h6-7,9,12,16H,3-5,8H2,1-2H3. The van der Waals surface area contributed by atoms with Crippen molar-refractivity contribution in [1.29, 1.82) is 0 Å². The summed E-state index contributed by atoms with van der Waals surface area (Å²) < 4.78 is 1.05. The summed E-state index contributed by atoms with van der Waals surface area (Å²) in [7, 11) is 0. The van der Waals surface area contributed by atoms with Crippen molar-refractivity contribution in [2.75, 3.05) is 18.0 Å². The SMILES string of the molecule is CCNC1CCCN(c2ccc(Br)cc2C)C1=O. The van der Waals surface area contributed by atoms with Crippen LogP contribution in [0.2, 0.25) is 0 Å². The van der Waals surface area contributed by atoms with Crippen LogP contribution < -0.4 is 10.2 Å². The van der Waals surface area contributed by atoms with E-state index in [-0.39, 0.29) is 11.9 Å². The third kappa shape index (κ3) is 2.75. The van der Waals surface area contributed by atoms with Crippen molar-refractivity contribution < 1.29 is 4.79 Å². The molecule has 1 N–H and O–H groups in total. The van der Waals surface area contributed by atoms with Gasteiger partial charge in [-0.15, -0.1) is 0 Å². The van der Waals surface area contributed by atoms with E-state index in [9.17, 15) is 4.79 Å². The number of anilines is 1. The van der Waals surface area contributed by atoms with Gasteiger partial charge in [-0.2, -0.15) is 0 Å². The molecular formula is C14H19BrN2O. The van der Waals surface area contributed by atoms with Gasteiger partial charge in [0.15, 0.2) is 0 Å². The molecular weight excluding hydrogens is 292 g/mol. The molecule has 0 aliphatic carbocycles. The first kappa shape index (κ1) is 13.6. The molecule has 98 valence electrons. The lowest BCUT2D eigenvalue weighted by atomic mass is 10.0. The predicted molar refractivity (Wildman–Crippen MR) is 77.9 cm³/mol. The summed E-state index contributed by atoms with van der Waals surface area (Å²) >= 11 is 3.46. The average Bonchev–Trinajstić information content (AvgIpc) is 2.33. The highest BCUT2D eigenvalue weighted by Crippen LogP contribution is 2.27. The van der Waals surface area contributed by atoms with Crippen LogP contribution in [0.15, 0.2) is 22.7 Å². The van der Waals surface area contributed by atoms with Gasteiger partial charge in [0.25, 0.3) is 0 Å². The number of rotatable bonds is 3. The highest BCUT2D eigenvalue weighted by Gasteiger charge is 2.29. The summed E-state index contributed by atoms with van der Waals surface area (Å²) in [5.41, 5.74) is 2.17. The van der Waals surface area contributed by atoms with Gasteiger partial charge in [-0.05, 0) is 50.1 Å². The number of carbonyl (C=O) groups excluding carboxylic acids is 1. The van der Waals surface area contributed by atoms with E-state index in [4.69, 9.17) is 0 Å². The Hall–Kier alpha value is -0.870. The molecule has 1 aliphatic rings. The van der Waals surface area contributed by atoms with Crippen molar-refractivity contribution in [2.45, 2.75) is 32.7 Å². The van der Waals surface area contributed by atoms with Crippen molar-refractivity contribution in [1.82, 2.24) is 5.32 Å². The Morgan fingerprint density at radius 2 is 2.28 bits per heavy atom. The minimum Gasteiger partial charge on any atom is -0.311 e. The molecule has 4 heteroatoms. The van der Waals surface area contributed by atoms with E-state index in [1.54, 1.807) is 0 Å². The fourth-order valence-corrected chi connectivity index (χ4v) is 2.95. The first-order valence-corrected chi connectivity index (χ1v) is 7.23. The number of hydrogen-bond acceptors (Lipinski definition) is 2. The minimum absolute atomic E-state index is 0.0215. The van der Waals surface area contributed by atoms with Crippen molar-refractivity contribution in [3.05, 3.63) is 28.2 Å². The lowest BCUT2D eigenvalue weighted by Crippen LogP contribution is -2.51. The first-order chi connectivity index (χ1) is 8.63. The molecule has 1 amide bonds. The van der Waals surface area contributed by atoms with Gasteiger partial charge in [0, 0.05) is 16.7 Å². The lowest BCUT2D eigenvalue weighted by molar-refractivity contribution is -0.121. The molecule has 0 bridgehead atoms. The number of piperidine rings is 1. The van der Waals surface area contributed by atoms with E-state index in [2.05, 4.69) is 27.3 Å². The maximum Gasteiger partial charge on any atom is 0.244 e. The molecule has 1 heterocycles. The van der Waals surface area contributed by atoms with E-state index < -0.39 is 0 Å². The Morgan fingerprint density at radius 3 is 2.94 bits per heavy atom. The first-order valence-electron chi connectivity index (χ1n) is 6.44. The van der Waals surface area contributed by atoms with Crippen LogP contribution in [0.5, 0.6) is 0 Å². The Bertz CT molecular complexity index is 445. The van der Waals surface area contributed by atoms with Crippen LogP contribution in [0.4, 0.5) is 5.69 Å². The summed E-state index contributed by atoms with van der Waals surface area (Å²) in [5.74, 6) is 0.202. The highest BCUT2D eigenvalue weighted by atomic mass is 79.9. The van der Waals surface area contributed by atoms with Crippen LogP contribution in [0.1, 0.15) is 25.3 Å². The second-order valence-corrected chi connectivity index (χ2v) is 5.59. The molecule has 0 aromatic heterocycles. The van der Waals surface area contributed by atoms with Gasteiger partial charge in [0.2, 0.25) is 5.91 Å². The summed E-state index contributed by atoms with van der Waals surface area (Å²) in [6.07, 6.45) is 2.00. The Kier molecular flexibility index (Phi) is 4.40. The number of carbonyl (C=O) groups is 1. The van der Waals surface area contributed by atoms with Gasteiger partial charge < -0.3 is 10.2 Å². The second-order valence-electron chi connectivity index (χ2n) is 4.67. The summed E-state index contributed by atoms with van der Waals surface area (Å²) in [5, 5.41) is 3.26. The van der Waals surface area contributed by atoms with Gasteiger partial charge in [0.05, 0.1) is 6.04 Å². The second kappa shape index (κ2) is 5.85. The van der Waals surface area contributed by atoms with Crippen molar-refractivity contribution in [2.24, 2.45) is 0 Å². The number of nitrogens with zero attached hydrogens (tertiary/aromatic N) is 1. The Morgan fingerprint density at radius 1 is 1.50 bits per heavy atom. The monoisotopic (exact) mass is 310 g/mol. The molecule has 1 fully saturated rings. The predicted octanol–water partition coefficient (Wildman–Crippen LogP) is 2.86. The van der Waals surface area contributed by atoms with Crippen molar-refractivity contribution in [3.63, 3.8) is 0 Å². The molecule has 3 nitrogen and oxygen atoms in total. The van der Waals surface area contributed by atoms with Crippen LogP contribution in [-0.2, 0) is 4.79 Å². The molecule has 0 radical (unpaired) electrons. The van der Waals surface area contributed by atoms with Gasteiger partial charge in [-0.1, -0.05) is 22.9 Å². The zero-order chi connectivity index (χ0) is 13.1. The van der Waals surface area contributed by atoms with Crippen LogP contribution in [0, 0.1) is 6.92 Å². The quantitative estimate of drug-likeness (QED) is 0.931. The number of amides is 1. The zero-order valence-corrected chi connectivity index (χ0v) is 12.5. The number of halogens is 1. The smallest absolute Gasteiger partial charge is 0.244 e. The van der Waals surface area contributed by atoms with E-state index in [1.165, 1.54) is 0 Å². The maximum absolute atomic E-state index is 12.4. The van der Waals surface area contributed by atoms with E-state index in [0.29, 0.717) is 0 Å². The molecule has 1 unspecified atom stereocenters. The summed E-state index contributed by atoms with van der Waals surface area (Å²) in [4.78, 5) is 14.3. The third-order valence-corrected chi connectivity index (χ3v) is 3.83. The Balaban J connectivity index is 2.24. The third-order valence-electron chi connectivity index (χ3n) is 3.34. The number of likely N-dealkylation sites (N-methyl/N-ethyl adjacent to an activating group) is 1. The van der Waals surface area contributed by atoms with Gasteiger partial charge in [-0.25, -0.2) is 0 Å². The van der Waals surface area contributed by atoms with E-state index >= 15 is 0 Å². The van der Waals surface area contributed by atoms with Crippen LogP contribution in [0.25, 0.3) is 0 Å². The summed E-state index contributed by atoms with van der Waals surface area (Å²) in [6.45, 7) is 5.74. The maximum atomic E-state index is 12.4. The molecule has 0 saturated carbocycles. The molecule has 1 saturated heterocycles. The Labute approximate surface area is 117 Å². The highest BCUT2D eigenvalue weighted by molar-refractivity contribution is 9.10. The van der Waals surface area contributed by atoms with Crippen LogP contribution >= 0.6 is 15.9 Å². The molecule has 1 aromatic carbocycles. The van der Waals surface area contributed by atoms with Gasteiger partial charge in [-0.3, -0.25) is 4.79 Å². The fraction of sp³-hybridized carbons (Fsp3) is 0.500.